The van der Waals surface area contributed by atoms with Crippen LogP contribution in [-0.4, -0.2) is 52.4 Å². The second-order valence-corrected chi connectivity index (χ2v) is 8.84. The quantitative estimate of drug-likeness (QED) is 0.276. The van der Waals surface area contributed by atoms with Gasteiger partial charge in [-0.3, -0.25) is 14.8 Å². The molecule has 0 radical (unpaired) electrons. The maximum atomic E-state index is 12.6. The van der Waals surface area contributed by atoms with Gasteiger partial charge in [-0.2, -0.15) is 0 Å². The van der Waals surface area contributed by atoms with Gasteiger partial charge in [0.25, 0.3) is 5.91 Å². The Bertz CT molecular complexity index is 1300. The van der Waals surface area contributed by atoms with Gasteiger partial charge in [-0.15, -0.1) is 0 Å². The maximum absolute atomic E-state index is 12.6. The zero-order valence-electron chi connectivity index (χ0n) is 20.0. The fourth-order valence-electron chi connectivity index (χ4n) is 4.13. The molecule has 0 unspecified atom stereocenters. The topological polar surface area (TPSA) is 151 Å². The van der Waals surface area contributed by atoms with E-state index in [4.69, 9.17) is 16.3 Å². The summed E-state index contributed by atoms with van der Waals surface area (Å²) >= 11 is 6.38. The molecule has 0 spiro atoms. The second-order valence-electron chi connectivity index (χ2n) is 8.48. The van der Waals surface area contributed by atoms with Gasteiger partial charge in [0.2, 0.25) is 0 Å². The molecule has 3 N–H and O–H groups in total. The summed E-state index contributed by atoms with van der Waals surface area (Å²) in [6.07, 6.45) is 2.12. The molecule has 1 aromatic heterocycles. The van der Waals surface area contributed by atoms with Crippen molar-refractivity contribution in [3.63, 3.8) is 0 Å². The monoisotopic (exact) mass is 526 g/mol. The van der Waals surface area contributed by atoms with Crippen molar-refractivity contribution >= 4 is 40.7 Å². The molecule has 12 heteroatoms. The number of hydrogen-bond donors (Lipinski definition) is 3. The SMILES string of the molecule is COc1ccc(C(=O)Nc2ccc(Cc3nc(Cl)c(CC(=O)O)c(N4CCCC4)n3)cc2)cc1N([O-])O. The molecule has 2 aromatic carbocycles. The van der Waals surface area contributed by atoms with Gasteiger partial charge in [0.05, 0.1) is 19.2 Å². The Balaban J connectivity index is 1.49. The first-order valence-electron chi connectivity index (χ1n) is 11.5. The minimum atomic E-state index is -0.996. The number of ether oxygens (including phenoxy) is 1. The summed E-state index contributed by atoms with van der Waals surface area (Å²) in [6.45, 7) is 1.57. The second kappa shape index (κ2) is 11.4. The zero-order chi connectivity index (χ0) is 26.5. The number of methoxy groups -OCH3 is 1. The van der Waals surface area contributed by atoms with Crippen LogP contribution in [0, 0.1) is 5.21 Å². The lowest BCUT2D eigenvalue weighted by atomic mass is 10.1. The molecule has 1 aliphatic heterocycles. The van der Waals surface area contributed by atoms with E-state index >= 15 is 0 Å². The minimum Gasteiger partial charge on any atom is -0.733 e. The van der Waals surface area contributed by atoms with Crippen LogP contribution in [0.1, 0.15) is 40.2 Å². The first-order valence-corrected chi connectivity index (χ1v) is 11.9. The predicted octanol–water partition coefficient (Wildman–Crippen LogP) is 3.90. The minimum absolute atomic E-state index is 0.129. The van der Waals surface area contributed by atoms with Crippen LogP contribution in [0.4, 0.5) is 17.2 Å². The maximum Gasteiger partial charge on any atom is 0.308 e. The van der Waals surface area contributed by atoms with Gasteiger partial charge in [-0.1, -0.05) is 23.7 Å². The molecule has 37 heavy (non-hydrogen) atoms. The van der Waals surface area contributed by atoms with E-state index in [-0.39, 0.29) is 33.8 Å². The molecule has 0 bridgehead atoms. The van der Waals surface area contributed by atoms with Crippen molar-refractivity contribution in [2.45, 2.75) is 25.7 Å². The zero-order valence-corrected chi connectivity index (χ0v) is 20.7. The molecule has 194 valence electrons. The normalized spacial score (nSPS) is 12.9. The summed E-state index contributed by atoms with van der Waals surface area (Å²) in [5.41, 5.74) is 1.77. The number of aromatic nitrogens is 2. The Labute approximate surface area is 217 Å². The van der Waals surface area contributed by atoms with Crippen LogP contribution in [0.25, 0.3) is 0 Å². The predicted molar refractivity (Wildman–Crippen MR) is 138 cm³/mol. The van der Waals surface area contributed by atoms with E-state index in [1.807, 2.05) is 4.90 Å². The number of halogens is 1. The van der Waals surface area contributed by atoms with Gasteiger partial charge >= 0.3 is 5.97 Å². The average molecular weight is 527 g/mol. The first-order chi connectivity index (χ1) is 17.7. The van der Waals surface area contributed by atoms with Crippen molar-refractivity contribution in [3.05, 3.63) is 75.3 Å². The van der Waals surface area contributed by atoms with Crippen molar-refractivity contribution in [1.29, 1.82) is 0 Å². The highest BCUT2D eigenvalue weighted by Gasteiger charge is 2.23. The molecule has 0 saturated carbocycles. The van der Waals surface area contributed by atoms with Crippen LogP contribution in [-0.2, 0) is 17.6 Å². The summed E-state index contributed by atoms with van der Waals surface area (Å²) in [4.78, 5) is 35.0. The molecule has 1 amide bonds. The third kappa shape index (κ3) is 6.26. The number of carbonyl (C=O) groups excluding carboxylic acids is 1. The Kier molecular flexibility index (Phi) is 8.07. The Morgan fingerprint density at radius 3 is 2.49 bits per heavy atom. The van der Waals surface area contributed by atoms with Crippen molar-refractivity contribution in [1.82, 2.24) is 9.97 Å². The number of nitrogens with zero attached hydrogens (tertiary/aromatic N) is 4. The number of aliphatic carboxylic acids is 1. The Hall–Kier alpha value is -3.93. The lowest BCUT2D eigenvalue weighted by Gasteiger charge is -2.24. The summed E-state index contributed by atoms with van der Waals surface area (Å²) < 4.78 is 5.01. The number of rotatable bonds is 9. The smallest absolute Gasteiger partial charge is 0.308 e. The van der Waals surface area contributed by atoms with Gasteiger partial charge in [0.1, 0.15) is 22.5 Å². The van der Waals surface area contributed by atoms with E-state index in [9.17, 15) is 25.1 Å². The van der Waals surface area contributed by atoms with Gasteiger partial charge in [-0.05, 0) is 48.7 Å². The average Bonchev–Trinajstić information content (AvgIpc) is 3.41. The van der Waals surface area contributed by atoms with Gasteiger partial charge in [0, 0.05) is 36.3 Å². The van der Waals surface area contributed by atoms with Crippen molar-refractivity contribution < 1.29 is 24.6 Å². The van der Waals surface area contributed by atoms with E-state index < -0.39 is 11.9 Å². The van der Waals surface area contributed by atoms with E-state index in [2.05, 4.69) is 15.3 Å². The number of hydrogen-bond acceptors (Lipinski definition) is 9. The Morgan fingerprint density at radius 1 is 1.16 bits per heavy atom. The highest BCUT2D eigenvalue weighted by Crippen LogP contribution is 2.30. The molecule has 0 atom stereocenters. The van der Waals surface area contributed by atoms with Crippen LogP contribution in [0.15, 0.2) is 42.5 Å². The molecule has 4 rings (SSSR count). The van der Waals surface area contributed by atoms with Crippen LogP contribution >= 0.6 is 11.6 Å². The molecular formula is C25H25ClN5O6-. The van der Waals surface area contributed by atoms with Crippen LogP contribution in [0.5, 0.6) is 5.75 Å². The van der Waals surface area contributed by atoms with E-state index in [1.165, 1.54) is 25.3 Å². The number of anilines is 3. The molecule has 11 nitrogen and oxygen atoms in total. The summed E-state index contributed by atoms with van der Waals surface area (Å²) in [5, 5.41) is 32.4. The molecule has 1 fully saturated rings. The molecule has 0 aliphatic carbocycles. The van der Waals surface area contributed by atoms with E-state index in [1.54, 1.807) is 24.3 Å². The number of amides is 1. The number of carbonyl (C=O) groups is 2. The Morgan fingerprint density at radius 2 is 1.86 bits per heavy atom. The highest BCUT2D eigenvalue weighted by atomic mass is 35.5. The van der Waals surface area contributed by atoms with Crippen LogP contribution in [0.3, 0.4) is 0 Å². The fraction of sp³-hybridized carbons (Fsp3) is 0.280. The summed E-state index contributed by atoms with van der Waals surface area (Å²) in [6, 6.07) is 11.2. The molecule has 3 aromatic rings. The fourth-order valence-corrected chi connectivity index (χ4v) is 4.38. The van der Waals surface area contributed by atoms with Crippen molar-refractivity contribution in [2.75, 3.05) is 35.6 Å². The van der Waals surface area contributed by atoms with Crippen molar-refractivity contribution in [2.24, 2.45) is 0 Å². The largest absolute Gasteiger partial charge is 0.733 e. The van der Waals surface area contributed by atoms with Crippen LogP contribution in [0.2, 0.25) is 5.15 Å². The summed E-state index contributed by atoms with van der Waals surface area (Å²) in [7, 11) is 1.35. The standard InChI is InChI=1S/C25H25ClN5O6/c1-37-20-9-6-16(13-19(20)31(35)36)25(34)27-17-7-4-15(5-8-17)12-21-28-23(26)18(14-22(32)33)24(29-21)30-10-2-3-11-30/h4-9,13,35H,2-3,10-12,14H2,1H3,(H,27,34)(H,32,33)/q-1. The number of carboxylic acid groups (broad SMARTS) is 1. The molecular weight excluding hydrogens is 502 g/mol. The molecule has 1 aliphatic rings. The van der Waals surface area contributed by atoms with E-state index in [0.717, 1.165) is 31.5 Å². The molecule has 2 heterocycles. The lowest BCUT2D eigenvalue weighted by molar-refractivity contribution is -0.136. The number of benzene rings is 2. The highest BCUT2D eigenvalue weighted by molar-refractivity contribution is 6.30. The van der Waals surface area contributed by atoms with Gasteiger partial charge in [-0.25, -0.2) is 9.97 Å². The number of nitrogens with one attached hydrogen (secondary N) is 1. The number of carboxylic acids is 1. The first kappa shape index (κ1) is 26.1. The third-order valence-electron chi connectivity index (χ3n) is 5.94. The third-order valence-corrected chi connectivity index (χ3v) is 6.25. The van der Waals surface area contributed by atoms with E-state index in [0.29, 0.717) is 29.3 Å². The van der Waals surface area contributed by atoms with Gasteiger partial charge < -0.3 is 30.5 Å². The summed E-state index contributed by atoms with van der Waals surface area (Å²) in [5.74, 6) is -0.307. The molecule has 1 saturated heterocycles. The lowest BCUT2D eigenvalue weighted by Crippen LogP contribution is -2.23. The van der Waals surface area contributed by atoms with Crippen LogP contribution < -0.4 is 20.2 Å². The van der Waals surface area contributed by atoms with Crippen molar-refractivity contribution in [3.8, 4) is 5.75 Å². The van der Waals surface area contributed by atoms with Gasteiger partial charge in [0.15, 0.2) is 0 Å².